The van der Waals surface area contributed by atoms with Gasteiger partial charge in [0, 0.05) is 5.02 Å². The van der Waals surface area contributed by atoms with E-state index in [1.807, 2.05) is 0 Å². The molecule has 1 unspecified atom stereocenters. The van der Waals surface area contributed by atoms with Gasteiger partial charge >= 0.3 is 12.1 Å². The van der Waals surface area contributed by atoms with E-state index in [-0.39, 0.29) is 5.57 Å². The molecule has 1 atom stereocenters. The molecule has 0 aromatic heterocycles. The van der Waals surface area contributed by atoms with E-state index < -0.39 is 23.8 Å². The predicted octanol–water partition coefficient (Wildman–Crippen LogP) is 4.06. The van der Waals surface area contributed by atoms with Gasteiger partial charge in [0.25, 0.3) is 0 Å². The molecule has 5 nitrogen and oxygen atoms in total. The molecule has 0 spiro atoms. The van der Waals surface area contributed by atoms with Crippen molar-refractivity contribution in [2.45, 2.75) is 32.5 Å². The van der Waals surface area contributed by atoms with Crippen molar-refractivity contribution in [1.29, 1.82) is 0 Å². The van der Waals surface area contributed by atoms with Gasteiger partial charge in [-0.25, -0.2) is 9.59 Å². The van der Waals surface area contributed by atoms with E-state index in [2.05, 4.69) is 11.3 Å². The number of methoxy groups -OCH3 is 1. The summed E-state index contributed by atoms with van der Waals surface area (Å²) in [7, 11) is 1.22. The third-order valence-electron chi connectivity index (χ3n) is 2.54. The van der Waals surface area contributed by atoms with E-state index in [4.69, 9.17) is 21.1 Å². The quantitative estimate of drug-likeness (QED) is 0.616. The lowest BCUT2D eigenvalue weighted by molar-refractivity contribution is -0.137. The molecule has 0 amide bonds. The monoisotopic (exact) mass is 326 g/mol. The molecule has 0 saturated carbocycles. The van der Waals surface area contributed by atoms with Crippen molar-refractivity contribution in [2.75, 3.05) is 7.11 Å². The van der Waals surface area contributed by atoms with Crippen molar-refractivity contribution in [2.24, 2.45) is 0 Å². The van der Waals surface area contributed by atoms with Crippen LogP contribution in [0.3, 0.4) is 0 Å². The highest BCUT2D eigenvalue weighted by Crippen LogP contribution is 2.28. The molecule has 1 aromatic carbocycles. The number of carbonyl (C=O) groups excluding carboxylic acids is 2. The van der Waals surface area contributed by atoms with Gasteiger partial charge in [0.05, 0.1) is 12.7 Å². The van der Waals surface area contributed by atoms with E-state index >= 15 is 0 Å². The van der Waals surface area contributed by atoms with Gasteiger partial charge in [0.1, 0.15) is 5.60 Å². The smallest absolute Gasteiger partial charge is 0.466 e. The van der Waals surface area contributed by atoms with Crippen molar-refractivity contribution in [3.05, 3.63) is 47.0 Å². The summed E-state index contributed by atoms with van der Waals surface area (Å²) in [4.78, 5) is 23.5. The molecule has 1 aromatic rings. The molecular formula is C16H19ClO5. The molecule has 0 radical (unpaired) electrons. The van der Waals surface area contributed by atoms with Crippen LogP contribution >= 0.6 is 11.6 Å². The summed E-state index contributed by atoms with van der Waals surface area (Å²) >= 11 is 5.83. The fraction of sp³-hybridized carbons (Fsp3) is 0.375. The molecule has 22 heavy (non-hydrogen) atoms. The zero-order chi connectivity index (χ0) is 16.9. The molecule has 1 rings (SSSR count). The minimum absolute atomic E-state index is 0.0179. The third-order valence-corrected chi connectivity index (χ3v) is 2.79. The van der Waals surface area contributed by atoms with Gasteiger partial charge in [-0.2, -0.15) is 0 Å². The van der Waals surface area contributed by atoms with Crippen LogP contribution in [-0.4, -0.2) is 24.8 Å². The minimum Gasteiger partial charge on any atom is -0.466 e. The van der Waals surface area contributed by atoms with E-state index in [1.54, 1.807) is 45.0 Å². The summed E-state index contributed by atoms with van der Waals surface area (Å²) in [5.41, 5.74) is -0.199. The normalized spacial score (nSPS) is 12.2. The molecule has 0 N–H and O–H groups in total. The van der Waals surface area contributed by atoms with Crippen LogP contribution in [0, 0.1) is 0 Å². The number of rotatable bonds is 4. The van der Waals surface area contributed by atoms with E-state index in [1.165, 1.54) is 7.11 Å². The lowest BCUT2D eigenvalue weighted by atomic mass is 10.0. The number of hydrogen-bond acceptors (Lipinski definition) is 5. The molecule has 6 heteroatoms. The number of ether oxygens (including phenoxy) is 3. The van der Waals surface area contributed by atoms with Crippen LogP contribution in [0.2, 0.25) is 5.02 Å². The van der Waals surface area contributed by atoms with Crippen LogP contribution in [0.25, 0.3) is 0 Å². The number of carbonyl (C=O) groups is 2. The Labute approximate surface area is 134 Å². The summed E-state index contributed by atoms with van der Waals surface area (Å²) < 4.78 is 15.0. The van der Waals surface area contributed by atoms with Crippen LogP contribution in [0.1, 0.15) is 32.4 Å². The average Bonchev–Trinajstić information content (AvgIpc) is 2.42. The Morgan fingerprint density at radius 3 is 2.18 bits per heavy atom. The molecule has 0 saturated heterocycles. The second-order valence-corrected chi connectivity index (χ2v) is 5.97. The standard InChI is InChI=1S/C16H19ClO5/c1-10(14(18)20-5)13(11-6-8-12(17)9-7-11)21-15(19)22-16(2,3)4/h6-9,13H,1H2,2-5H3. The van der Waals surface area contributed by atoms with Crippen LogP contribution < -0.4 is 0 Å². The van der Waals surface area contributed by atoms with Gasteiger partial charge in [-0.1, -0.05) is 30.3 Å². The fourth-order valence-corrected chi connectivity index (χ4v) is 1.71. The van der Waals surface area contributed by atoms with Gasteiger partial charge in [-0.3, -0.25) is 0 Å². The van der Waals surface area contributed by atoms with E-state index in [0.29, 0.717) is 10.6 Å². The summed E-state index contributed by atoms with van der Waals surface area (Å²) in [6, 6.07) is 6.50. The van der Waals surface area contributed by atoms with Crippen LogP contribution in [0.5, 0.6) is 0 Å². The van der Waals surface area contributed by atoms with Crippen molar-refractivity contribution in [3.8, 4) is 0 Å². The Hall–Kier alpha value is -2.01. The molecule has 0 fully saturated rings. The number of halogens is 1. The van der Waals surface area contributed by atoms with Gasteiger partial charge < -0.3 is 14.2 Å². The largest absolute Gasteiger partial charge is 0.509 e. The number of benzene rings is 1. The Bertz CT molecular complexity index is 557. The zero-order valence-corrected chi connectivity index (χ0v) is 13.8. The molecule has 0 aliphatic rings. The lowest BCUT2D eigenvalue weighted by Crippen LogP contribution is -2.27. The maximum atomic E-state index is 11.9. The summed E-state index contributed by atoms with van der Waals surface area (Å²) in [6.45, 7) is 8.76. The predicted molar refractivity (Wildman–Crippen MR) is 82.7 cm³/mol. The maximum absolute atomic E-state index is 11.9. The van der Waals surface area contributed by atoms with Crippen molar-refractivity contribution < 1.29 is 23.8 Å². The summed E-state index contributed by atoms with van der Waals surface area (Å²) in [5, 5.41) is 0.517. The number of esters is 1. The van der Waals surface area contributed by atoms with Crippen LogP contribution in [0.15, 0.2) is 36.4 Å². The van der Waals surface area contributed by atoms with E-state index in [9.17, 15) is 9.59 Å². The van der Waals surface area contributed by atoms with Crippen molar-refractivity contribution in [3.63, 3.8) is 0 Å². The van der Waals surface area contributed by atoms with Gasteiger partial charge in [-0.15, -0.1) is 0 Å². The Kier molecular flexibility index (Phi) is 6.00. The highest BCUT2D eigenvalue weighted by Gasteiger charge is 2.28. The minimum atomic E-state index is -1.01. The average molecular weight is 327 g/mol. The van der Waals surface area contributed by atoms with E-state index in [0.717, 1.165) is 0 Å². The number of hydrogen-bond donors (Lipinski definition) is 0. The first kappa shape index (κ1) is 18.0. The fourth-order valence-electron chi connectivity index (χ4n) is 1.59. The highest BCUT2D eigenvalue weighted by atomic mass is 35.5. The van der Waals surface area contributed by atoms with Crippen LogP contribution in [0.4, 0.5) is 4.79 Å². The molecule has 120 valence electrons. The Balaban J connectivity index is 3.01. The summed E-state index contributed by atoms with van der Waals surface area (Å²) in [5.74, 6) is -0.677. The Morgan fingerprint density at radius 1 is 1.18 bits per heavy atom. The lowest BCUT2D eigenvalue weighted by Gasteiger charge is -2.23. The first-order valence-corrected chi connectivity index (χ1v) is 6.94. The second-order valence-electron chi connectivity index (χ2n) is 5.53. The van der Waals surface area contributed by atoms with Crippen LogP contribution in [-0.2, 0) is 19.0 Å². The first-order chi connectivity index (χ1) is 10.1. The summed E-state index contributed by atoms with van der Waals surface area (Å²) in [6.07, 6.45) is -1.92. The van der Waals surface area contributed by atoms with Crippen molar-refractivity contribution in [1.82, 2.24) is 0 Å². The van der Waals surface area contributed by atoms with Gasteiger partial charge in [-0.05, 0) is 38.5 Å². The maximum Gasteiger partial charge on any atom is 0.509 e. The zero-order valence-electron chi connectivity index (χ0n) is 13.0. The second kappa shape index (κ2) is 7.31. The molecular weight excluding hydrogens is 308 g/mol. The van der Waals surface area contributed by atoms with Gasteiger partial charge in [0.15, 0.2) is 6.10 Å². The topological polar surface area (TPSA) is 61.8 Å². The third kappa shape index (κ3) is 5.41. The van der Waals surface area contributed by atoms with Gasteiger partial charge in [0.2, 0.25) is 0 Å². The molecule has 0 aliphatic carbocycles. The molecule has 0 bridgehead atoms. The molecule has 0 heterocycles. The molecule has 0 aliphatic heterocycles. The highest BCUT2D eigenvalue weighted by molar-refractivity contribution is 6.30. The first-order valence-electron chi connectivity index (χ1n) is 6.56. The van der Waals surface area contributed by atoms with Crippen molar-refractivity contribution >= 4 is 23.7 Å². The Morgan fingerprint density at radius 2 is 1.73 bits per heavy atom. The SMILES string of the molecule is C=C(C(=O)OC)C(OC(=O)OC(C)(C)C)c1ccc(Cl)cc1.